The molecule has 0 aliphatic heterocycles. The molecule has 2 heteroatoms. The predicted octanol–water partition coefficient (Wildman–Crippen LogP) is 3.05. The number of hydrogen-bond acceptors (Lipinski definition) is 2. The van der Waals surface area contributed by atoms with E-state index in [4.69, 9.17) is 4.42 Å². The van der Waals surface area contributed by atoms with Crippen molar-refractivity contribution < 1.29 is 4.42 Å². The lowest BCUT2D eigenvalue weighted by Gasteiger charge is -2.25. The first-order valence-electron chi connectivity index (χ1n) is 5.63. The summed E-state index contributed by atoms with van der Waals surface area (Å²) in [4.78, 5) is 0. The number of aryl methyl sites for hydroxylation is 1. The lowest BCUT2D eigenvalue weighted by Crippen LogP contribution is -2.31. The van der Waals surface area contributed by atoms with Crippen molar-refractivity contribution in [2.45, 2.75) is 51.6 Å². The minimum atomic E-state index is 0.521. The van der Waals surface area contributed by atoms with Gasteiger partial charge in [0, 0.05) is 24.1 Å². The second-order valence-corrected chi connectivity index (χ2v) is 4.22. The van der Waals surface area contributed by atoms with Crippen LogP contribution in [0.25, 0.3) is 0 Å². The first-order chi connectivity index (χ1) is 6.81. The average Bonchev–Trinajstić information content (AvgIpc) is 2.66. The van der Waals surface area contributed by atoms with Crippen LogP contribution in [0.1, 0.15) is 50.5 Å². The summed E-state index contributed by atoms with van der Waals surface area (Å²) in [6.07, 6.45) is 6.61. The maximum absolute atomic E-state index is 5.46. The van der Waals surface area contributed by atoms with Crippen LogP contribution in [0, 0.1) is 0 Å². The van der Waals surface area contributed by atoms with Crippen molar-refractivity contribution >= 4 is 0 Å². The highest BCUT2D eigenvalue weighted by Crippen LogP contribution is 2.30. The van der Waals surface area contributed by atoms with Gasteiger partial charge < -0.3 is 9.73 Å². The summed E-state index contributed by atoms with van der Waals surface area (Å²) in [6.45, 7) is 4.46. The highest BCUT2D eigenvalue weighted by molar-refractivity contribution is 5.24. The fraction of sp³-hybridized carbons (Fsp3) is 0.667. The zero-order valence-corrected chi connectivity index (χ0v) is 9.05. The minimum absolute atomic E-state index is 0.521. The molecule has 0 saturated heterocycles. The maximum atomic E-state index is 5.46. The van der Waals surface area contributed by atoms with Crippen LogP contribution in [0.15, 0.2) is 16.7 Å². The van der Waals surface area contributed by atoms with Crippen molar-refractivity contribution in [3.63, 3.8) is 0 Å². The van der Waals surface area contributed by atoms with E-state index in [1.54, 1.807) is 0 Å². The Morgan fingerprint density at radius 1 is 1.64 bits per heavy atom. The number of nitrogens with one attached hydrogen (secondary N) is 1. The fourth-order valence-corrected chi connectivity index (χ4v) is 2.12. The third-order valence-electron chi connectivity index (χ3n) is 3.15. The van der Waals surface area contributed by atoms with E-state index in [2.05, 4.69) is 25.2 Å². The number of hydrogen-bond donors (Lipinski definition) is 1. The van der Waals surface area contributed by atoms with Crippen LogP contribution in [0.2, 0.25) is 0 Å². The first-order valence-corrected chi connectivity index (χ1v) is 5.63. The molecule has 1 heterocycles. The Hall–Kier alpha value is -0.760. The Balaban J connectivity index is 2.08. The van der Waals surface area contributed by atoms with E-state index < -0.39 is 0 Å². The SMILES string of the molecule is CC[C@@H](C)N[C@@H]1CCCc2occc21. The van der Waals surface area contributed by atoms with Gasteiger partial charge in [-0.2, -0.15) is 0 Å². The van der Waals surface area contributed by atoms with E-state index in [1.807, 2.05) is 6.26 Å². The topological polar surface area (TPSA) is 25.2 Å². The van der Waals surface area contributed by atoms with E-state index in [9.17, 15) is 0 Å². The Labute approximate surface area is 85.7 Å². The Morgan fingerprint density at radius 3 is 3.29 bits per heavy atom. The molecule has 14 heavy (non-hydrogen) atoms. The second-order valence-electron chi connectivity index (χ2n) is 4.22. The third kappa shape index (κ3) is 1.85. The smallest absolute Gasteiger partial charge is 0.108 e. The maximum Gasteiger partial charge on any atom is 0.108 e. The van der Waals surface area contributed by atoms with Crippen LogP contribution in [0.4, 0.5) is 0 Å². The van der Waals surface area contributed by atoms with Crippen molar-refractivity contribution in [1.29, 1.82) is 0 Å². The van der Waals surface area contributed by atoms with Crippen LogP contribution in [0.5, 0.6) is 0 Å². The van der Waals surface area contributed by atoms with Crippen molar-refractivity contribution in [3.8, 4) is 0 Å². The first kappa shape index (κ1) is 9.78. The standard InChI is InChI=1S/C12H19NO/c1-3-9(2)13-11-5-4-6-12-10(11)7-8-14-12/h7-9,11,13H,3-6H2,1-2H3/t9-,11-/m1/s1. The van der Waals surface area contributed by atoms with Gasteiger partial charge in [0.2, 0.25) is 0 Å². The Bertz CT molecular complexity index is 292. The van der Waals surface area contributed by atoms with Gasteiger partial charge >= 0.3 is 0 Å². The lowest BCUT2D eigenvalue weighted by molar-refractivity contribution is 0.378. The molecule has 0 unspecified atom stereocenters. The van der Waals surface area contributed by atoms with Gasteiger partial charge in [0.15, 0.2) is 0 Å². The van der Waals surface area contributed by atoms with Gasteiger partial charge in [0.25, 0.3) is 0 Å². The van der Waals surface area contributed by atoms with E-state index in [0.29, 0.717) is 12.1 Å². The summed E-state index contributed by atoms with van der Waals surface area (Å²) in [5, 5.41) is 3.65. The zero-order valence-electron chi connectivity index (χ0n) is 9.05. The van der Waals surface area contributed by atoms with E-state index >= 15 is 0 Å². The van der Waals surface area contributed by atoms with Gasteiger partial charge in [-0.25, -0.2) is 0 Å². The van der Waals surface area contributed by atoms with E-state index in [1.165, 1.54) is 30.6 Å². The number of fused-ring (bicyclic) bond motifs is 1. The highest BCUT2D eigenvalue weighted by atomic mass is 16.3. The lowest BCUT2D eigenvalue weighted by atomic mass is 9.93. The van der Waals surface area contributed by atoms with Gasteiger partial charge in [-0.15, -0.1) is 0 Å². The van der Waals surface area contributed by atoms with Crippen molar-refractivity contribution in [3.05, 3.63) is 23.7 Å². The molecule has 78 valence electrons. The minimum Gasteiger partial charge on any atom is -0.469 e. The van der Waals surface area contributed by atoms with Crippen LogP contribution in [-0.4, -0.2) is 6.04 Å². The van der Waals surface area contributed by atoms with Crippen molar-refractivity contribution in [2.24, 2.45) is 0 Å². The summed E-state index contributed by atoms with van der Waals surface area (Å²) in [7, 11) is 0. The summed E-state index contributed by atoms with van der Waals surface area (Å²) in [5.41, 5.74) is 1.39. The average molecular weight is 193 g/mol. The van der Waals surface area contributed by atoms with Crippen molar-refractivity contribution in [1.82, 2.24) is 5.32 Å². The number of rotatable bonds is 3. The molecule has 2 nitrogen and oxygen atoms in total. The zero-order chi connectivity index (χ0) is 9.97. The van der Waals surface area contributed by atoms with Gasteiger partial charge in [0.1, 0.15) is 5.76 Å². The second kappa shape index (κ2) is 4.18. The molecule has 1 aliphatic carbocycles. The molecule has 0 spiro atoms. The summed E-state index contributed by atoms with van der Waals surface area (Å²) >= 11 is 0. The molecule has 1 aromatic rings. The summed E-state index contributed by atoms with van der Waals surface area (Å²) in [6, 6.07) is 3.24. The van der Waals surface area contributed by atoms with Gasteiger partial charge in [0.05, 0.1) is 6.26 Å². The summed E-state index contributed by atoms with van der Waals surface area (Å²) in [5.74, 6) is 1.19. The fourth-order valence-electron chi connectivity index (χ4n) is 2.12. The van der Waals surface area contributed by atoms with Crippen LogP contribution < -0.4 is 5.32 Å². The molecule has 1 N–H and O–H groups in total. The molecule has 0 fully saturated rings. The molecular formula is C12H19NO. The molecule has 1 aliphatic rings. The number of furan rings is 1. The van der Waals surface area contributed by atoms with Crippen LogP contribution in [0.3, 0.4) is 0 Å². The molecule has 1 aromatic heterocycles. The monoisotopic (exact) mass is 193 g/mol. The molecule has 2 rings (SSSR count). The van der Waals surface area contributed by atoms with Crippen LogP contribution >= 0.6 is 0 Å². The van der Waals surface area contributed by atoms with Gasteiger partial charge in [-0.05, 0) is 32.3 Å². The van der Waals surface area contributed by atoms with Crippen molar-refractivity contribution in [2.75, 3.05) is 0 Å². The molecule has 0 bridgehead atoms. The van der Waals surface area contributed by atoms with E-state index in [-0.39, 0.29) is 0 Å². The third-order valence-corrected chi connectivity index (χ3v) is 3.15. The van der Waals surface area contributed by atoms with E-state index in [0.717, 1.165) is 6.42 Å². The highest BCUT2D eigenvalue weighted by Gasteiger charge is 2.22. The Morgan fingerprint density at radius 2 is 2.50 bits per heavy atom. The van der Waals surface area contributed by atoms with Gasteiger partial charge in [-0.1, -0.05) is 6.92 Å². The molecule has 2 atom stereocenters. The summed E-state index contributed by atoms with van der Waals surface area (Å²) < 4.78 is 5.46. The quantitative estimate of drug-likeness (QED) is 0.798. The molecule has 0 amide bonds. The largest absolute Gasteiger partial charge is 0.469 e. The molecule has 0 aromatic carbocycles. The van der Waals surface area contributed by atoms with Crippen LogP contribution in [-0.2, 0) is 6.42 Å². The Kier molecular flexibility index (Phi) is 2.92. The van der Waals surface area contributed by atoms with Gasteiger partial charge in [-0.3, -0.25) is 0 Å². The molecule has 0 saturated carbocycles. The molecule has 0 radical (unpaired) electrons. The normalized spacial score (nSPS) is 23.1. The molecular weight excluding hydrogens is 174 g/mol. The predicted molar refractivity (Wildman–Crippen MR) is 57.3 cm³/mol.